The van der Waals surface area contributed by atoms with Crippen LogP contribution in [0.4, 0.5) is 5.82 Å². The van der Waals surface area contributed by atoms with E-state index < -0.39 is 6.29 Å². The molecule has 1 atom stereocenters. The lowest BCUT2D eigenvalue weighted by Gasteiger charge is -2.19. The van der Waals surface area contributed by atoms with Gasteiger partial charge in [-0.15, -0.1) is 0 Å². The zero-order valence-electron chi connectivity index (χ0n) is 28.1. The number of nitrogen functional groups attached to an aromatic ring is 1. The Hall–Kier alpha value is -6.47. The molecule has 262 valence electrons. The average molecular weight is 768 g/mol. The average Bonchev–Trinajstić information content (AvgIpc) is 4.02. The standard InChI is InChI=1S/C40H31BrN8O4/c41-31-22-34(48-17-5-16-44-48)46-38-35(31)47-37(29-8-4-15-43-36(29)42)49(38)27-11-12-28-25(20-27)9-13-32(28)45-39(50)26-10-14-33(30(21-26)40-51-18-19-52-40)53-23-24-6-2-1-3-7-24/h1-8,10-12,14-22,32,40H,9,13,23H2,(H2,42,43)(H,45,50)/t32-/m0/s1. The Bertz CT molecular complexity index is 2510. The number of imidazole rings is 1. The summed E-state index contributed by atoms with van der Waals surface area (Å²) in [5.74, 6) is 1.97. The molecule has 4 aromatic heterocycles. The molecule has 0 bridgehead atoms. The fourth-order valence-corrected chi connectivity index (χ4v) is 7.28. The molecule has 0 spiro atoms. The van der Waals surface area contributed by atoms with Crippen LogP contribution in [-0.2, 0) is 22.5 Å². The molecule has 1 amide bonds. The van der Waals surface area contributed by atoms with Gasteiger partial charge in [0, 0.05) is 29.8 Å². The van der Waals surface area contributed by atoms with Gasteiger partial charge >= 0.3 is 0 Å². The number of nitrogens with one attached hydrogen (secondary N) is 1. The first-order chi connectivity index (χ1) is 26.0. The number of aromatic nitrogens is 6. The number of rotatable bonds is 9. The minimum Gasteiger partial charge on any atom is -0.488 e. The Morgan fingerprint density at radius 1 is 0.943 bits per heavy atom. The normalized spacial score (nSPS) is 14.9. The number of hydrogen-bond acceptors (Lipinski definition) is 9. The van der Waals surface area contributed by atoms with Crippen molar-refractivity contribution in [1.82, 2.24) is 34.6 Å². The Morgan fingerprint density at radius 3 is 2.62 bits per heavy atom. The second-order valence-corrected chi connectivity index (χ2v) is 13.5. The molecule has 13 heteroatoms. The summed E-state index contributed by atoms with van der Waals surface area (Å²) in [6, 6.07) is 28.7. The van der Waals surface area contributed by atoms with E-state index in [2.05, 4.69) is 43.5 Å². The van der Waals surface area contributed by atoms with Crippen molar-refractivity contribution in [2.75, 3.05) is 5.73 Å². The van der Waals surface area contributed by atoms with Gasteiger partial charge in [0.2, 0.25) is 0 Å². The molecule has 1 aliphatic carbocycles. The number of halogens is 1. The van der Waals surface area contributed by atoms with E-state index in [0.29, 0.717) is 57.7 Å². The third-order valence-corrected chi connectivity index (χ3v) is 9.97. The van der Waals surface area contributed by atoms with Gasteiger partial charge in [0.15, 0.2) is 17.3 Å². The number of anilines is 1. The highest BCUT2D eigenvalue weighted by Crippen LogP contribution is 2.38. The number of pyridine rings is 2. The number of nitrogens with zero attached hydrogens (tertiary/aromatic N) is 6. The van der Waals surface area contributed by atoms with Crippen molar-refractivity contribution in [3.8, 4) is 28.6 Å². The van der Waals surface area contributed by atoms with Gasteiger partial charge in [-0.05, 0) is 100 Å². The predicted octanol–water partition coefficient (Wildman–Crippen LogP) is 7.53. The van der Waals surface area contributed by atoms with Crippen molar-refractivity contribution in [2.24, 2.45) is 0 Å². The van der Waals surface area contributed by atoms with Gasteiger partial charge in [0.05, 0.1) is 21.6 Å². The highest BCUT2D eigenvalue weighted by molar-refractivity contribution is 9.10. The SMILES string of the molecule is Nc1ncccc1-c1nc2c(Br)cc(-n3cccn3)nc2n1-c1ccc2c(c1)CC[C@@H]2NC(=O)c1ccc(OCc2ccccc2)c(C2OC=CO2)c1. The highest BCUT2D eigenvalue weighted by Gasteiger charge is 2.28. The number of benzene rings is 3. The van der Waals surface area contributed by atoms with E-state index in [1.807, 2.05) is 71.4 Å². The molecule has 3 aromatic carbocycles. The van der Waals surface area contributed by atoms with Gasteiger partial charge in [0.25, 0.3) is 12.2 Å². The number of aryl methyl sites for hydroxylation is 1. The van der Waals surface area contributed by atoms with Crippen molar-refractivity contribution in [1.29, 1.82) is 0 Å². The molecular weight excluding hydrogens is 736 g/mol. The summed E-state index contributed by atoms with van der Waals surface area (Å²) in [6.45, 7) is 0.366. The smallest absolute Gasteiger partial charge is 0.269 e. The lowest BCUT2D eigenvalue weighted by Crippen LogP contribution is -2.27. The van der Waals surface area contributed by atoms with E-state index in [1.54, 1.807) is 35.3 Å². The molecule has 1 aliphatic heterocycles. The molecule has 3 N–H and O–H groups in total. The van der Waals surface area contributed by atoms with Gasteiger partial charge in [-0.2, -0.15) is 5.10 Å². The number of nitrogens with two attached hydrogens (primary N) is 1. The molecule has 0 fully saturated rings. The third kappa shape index (κ3) is 6.14. The van der Waals surface area contributed by atoms with Gasteiger partial charge in [-0.3, -0.25) is 9.36 Å². The Labute approximate surface area is 312 Å². The van der Waals surface area contributed by atoms with Gasteiger partial charge in [0.1, 0.15) is 36.2 Å². The van der Waals surface area contributed by atoms with Crippen LogP contribution < -0.4 is 15.8 Å². The summed E-state index contributed by atoms with van der Waals surface area (Å²) in [7, 11) is 0. The van der Waals surface area contributed by atoms with Crippen molar-refractivity contribution in [2.45, 2.75) is 31.8 Å². The van der Waals surface area contributed by atoms with Crippen molar-refractivity contribution >= 4 is 38.8 Å². The molecule has 2 aliphatic rings. The topological polar surface area (TPSA) is 144 Å². The van der Waals surface area contributed by atoms with Crippen LogP contribution in [0.25, 0.3) is 34.1 Å². The van der Waals surface area contributed by atoms with Crippen LogP contribution in [0.1, 0.15) is 51.4 Å². The number of carbonyl (C=O) groups is 1. The van der Waals surface area contributed by atoms with E-state index in [1.165, 1.54) is 12.5 Å². The molecule has 0 saturated carbocycles. The second kappa shape index (κ2) is 13.6. The number of ether oxygens (including phenoxy) is 3. The van der Waals surface area contributed by atoms with Crippen LogP contribution in [0.5, 0.6) is 5.75 Å². The Kier molecular flexibility index (Phi) is 8.31. The van der Waals surface area contributed by atoms with Gasteiger partial charge < -0.3 is 25.3 Å². The van der Waals surface area contributed by atoms with Crippen LogP contribution >= 0.6 is 15.9 Å². The number of hydrogen-bond donors (Lipinski definition) is 2. The molecule has 0 radical (unpaired) electrons. The third-order valence-electron chi connectivity index (χ3n) is 9.36. The molecule has 9 rings (SSSR count). The fraction of sp³-hybridized carbons (Fsp3) is 0.125. The zero-order chi connectivity index (χ0) is 35.9. The van der Waals surface area contributed by atoms with Crippen LogP contribution in [0, 0.1) is 0 Å². The largest absolute Gasteiger partial charge is 0.488 e. The van der Waals surface area contributed by atoms with Crippen LogP contribution in [0.15, 0.2) is 127 Å². The van der Waals surface area contributed by atoms with Gasteiger partial charge in [-0.25, -0.2) is 19.6 Å². The molecule has 5 heterocycles. The van der Waals surface area contributed by atoms with E-state index in [0.717, 1.165) is 39.7 Å². The summed E-state index contributed by atoms with van der Waals surface area (Å²) in [6.07, 6.45) is 8.97. The minimum absolute atomic E-state index is 0.184. The predicted molar refractivity (Wildman–Crippen MR) is 201 cm³/mol. The minimum atomic E-state index is -0.712. The number of fused-ring (bicyclic) bond motifs is 2. The van der Waals surface area contributed by atoms with E-state index in [-0.39, 0.29) is 11.9 Å². The lowest BCUT2D eigenvalue weighted by atomic mass is 10.1. The van der Waals surface area contributed by atoms with Crippen LogP contribution in [-0.4, -0.2) is 35.2 Å². The quantitative estimate of drug-likeness (QED) is 0.152. The van der Waals surface area contributed by atoms with Crippen LogP contribution in [0.2, 0.25) is 0 Å². The summed E-state index contributed by atoms with van der Waals surface area (Å²) in [4.78, 5) is 28.1. The van der Waals surface area contributed by atoms with Crippen molar-refractivity contribution in [3.05, 3.63) is 154 Å². The highest BCUT2D eigenvalue weighted by atomic mass is 79.9. The monoisotopic (exact) mass is 766 g/mol. The summed E-state index contributed by atoms with van der Waals surface area (Å²) in [5, 5.41) is 7.64. The molecule has 12 nitrogen and oxygen atoms in total. The molecule has 0 unspecified atom stereocenters. The summed E-state index contributed by atoms with van der Waals surface area (Å²) in [5.41, 5.74) is 13.5. The second-order valence-electron chi connectivity index (χ2n) is 12.6. The maximum atomic E-state index is 13.8. The number of carbonyl (C=O) groups excluding carboxylic acids is 1. The van der Waals surface area contributed by atoms with Crippen molar-refractivity contribution in [3.63, 3.8) is 0 Å². The molecule has 7 aromatic rings. The zero-order valence-corrected chi connectivity index (χ0v) is 29.7. The first-order valence-corrected chi connectivity index (χ1v) is 17.8. The number of amides is 1. The van der Waals surface area contributed by atoms with Gasteiger partial charge in [-0.1, -0.05) is 36.4 Å². The molecule has 53 heavy (non-hydrogen) atoms. The maximum Gasteiger partial charge on any atom is 0.269 e. The van der Waals surface area contributed by atoms with Crippen LogP contribution in [0.3, 0.4) is 0 Å². The van der Waals surface area contributed by atoms with Crippen molar-refractivity contribution < 1.29 is 19.0 Å². The summed E-state index contributed by atoms with van der Waals surface area (Å²) < 4.78 is 21.9. The summed E-state index contributed by atoms with van der Waals surface area (Å²) >= 11 is 3.72. The fourth-order valence-electron chi connectivity index (χ4n) is 6.81. The molecular formula is C40H31BrN8O4. The first kappa shape index (κ1) is 32.4. The first-order valence-electron chi connectivity index (χ1n) is 17.0. The maximum absolute atomic E-state index is 13.8. The Morgan fingerprint density at radius 2 is 1.81 bits per heavy atom. The Balaban J connectivity index is 1.02. The van der Waals surface area contributed by atoms with E-state index in [4.69, 9.17) is 29.9 Å². The van der Waals surface area contributed by atoms with E-state index >= 15 is 0 Å². The lowest BCUT2D eigenvalue weighted by molar-refractivity contribution is -0.0266. The molecule has 0 saturated heterocycles. The van der Waals surface area contributed by atoms with E-state index in [9.17, 15) is 4.79 Å².